The molecule has 1 N–H and O–H groups in total. The van der Waals surface area contributed by atoms with Gasteiger partial charge in [0.25, 0.3) is 5.91 Å². The average molecular weight is 387 g/mol. The van der Waals surface area contributed by atoms with Crippen molar-refractivity contribution < 1.29 is 17.6 Å². The Morgan fingerprint density at radius 2 is 1.92 bits per heavy atom. The molecule has 3 aromatic heterocycles. The van der Waals surface area contributed by atoms with Crippen LogP contribution in [0.4, 0.5) is 5.13 Å². The second-order valence-electron chi connectivity index (χ2n) is 5.82. The predicted molar refractivity (Wildman–Crippen MR) is 99.4 cm³/mol. The van der Waals surface area contributed by atoms with Gasteiger partial charge >= 0.3 is 0 Å². The van der Waals surface area contributed by atoms with E-state index in [1.807, 2.05) is 6.92 Å². The van der Waals surface area contributed by atoms with Gasteiger partial charge in [-0.05, 0) is 37.3 Å². The Balaban J connectivity index is 1.64. The maximum absolute atomic E-state index is 12.4. The van der Waals surface area contributed by atoms with Crippen molar-refractivity contribution in [1.29, 1.82) is 0 Å². The third kappa shape index (κ3) is 3.06. The van der Waals surface area contributed by atoms with Gasteiger partial charge in [0.15, 0.2) is 26.3 Å². The first-order valence-electron chi connectivity index (χ1n) is 7.59. The highest BCUT2D eigenvalue weighted by Gasteiger charge is 2.16. The summed E-state index contributed by atoms with van der Waals surface area (Å²) in [5, 5.41) is 3.04. The summed E-state index contributed by atoms with van der Waals surface area (Å²) in [6.07, 6.45) is 1.15. The van der Waals surface area contributed by atoms with Crippen LogP contribution in [0.3, 0.4) is 0 Å². The number of hydrogen-bond acceptors (Lipinski definition) is 7. The number of aryl methyl sites for hydroxylation is 1. The summed E-state index contributed by atoms with van der Waals surface area (Å²) in [5.41, 5.74) is 2.58. The molecule has 0 aliphatic carbocycles. The number of amides is 1. The molecular weight excluding hydrogens is 374 g/mol. The number of carbonyl (C=O) groups is 1. The van der Waals surface area contributed by atoms with Gasteiger partial charge in [0.2, 0.25) is 0 Å². The summed E-state index contributed by atoms with van der Waals surface area (Å²) in [6, 6.07) is 9.81. The molecule has 0 atom stereocenters. The van der Waals surface area contributed by atoms with Gasteiger partial charge in [-0.15, -0.1) is 0 Å². The third-order valence-electron chi connectivity index (χ3n) is 3.75. The number of anilines is 1. The van der Waals surface area contributed by atoms with Crippen molar-refractivity contribution in [1.82, 2.24) is 9.97 Å². The van der Waals surface area contributed by atoms with Crippen molar-refractivity contribution in [3.63, 3.8) is 0 Å². The van der Waals surface area contributed by atoms with Gasteiger partial charge in [-0.1, -0.05) is 11.3 Å². The van der Waals surface area contributed by atoms with Crippen LogP contribution >= 0.6 is 11.3 Å². The van der Waals surface area contributed by atoms with Crippen LogP contribution in [0.5, 0.6) is 0 Å². The van der Waals surface area contributed by atoms with Crippen molar-refractivity contribution in [2.24, 2.45) is 0 Å². The molecule has 4 aromatic rings. The number of thiazole rings is 1. The van der Waals surface area contributed by atoms with Crippen LogP contribution in [-0.4, -0.2) is 30.5 Å². The molecule has 0 fully saturated rings. The molecule has 26 heavy (non-hydrogen) atoms. The lowest BCUT2D eigenvalue weighted by atomic mass is 10.3. The van der Waals surface area contributed by atoms with Gasteiger partial charge in [0, 0.05) is 18.0 Å². The lowest BCUT2D eigenvalue weighted by molar-refractivity contribution is 0.0998. The quantitative estimate of drug-likeness (QED) is 0.578. The summed E-state index contributed by atoms with van der Waals surface area (Å²) in [7, 11) is -3.30. The molecule has 7 nitrogen and oxygen atoms in total. The molecule has 0 bridgehead atoms. The fourth-order valence-electron chi connectivity index (χ4n) is 2.49. The Morgan fingerprint density at radius 3 is 2.69 bits per heavy atom. The summed E-state index contributed by atoms with van der Waals surface area (Å²) in [6.45, 7) is 1.86. The van der Waals surface area contributed by atoms with Gasteiger partial charge in [-0.25, -0.2) is 18.4 Å². The highest BCUT2D eigenvalue weighted by molar-refractivity contribution is 7.90. The van der Waals surface area contributed by atoms with E-state index in [0.717, 1.165) is 11.9 Å². The Kier molecular flexibility index (Phi) is 3.78. The van der Waals surface area contributed by atoms with Crippen LogP contribution in [0.2, 0.25) is 0 Å². The molecule has 1 aromatic carbocycles. The van der Waals surface area contributed by atoms with E-state index in [2.05, 4.69) is 15.3 Å². The Bertz CT molecular complexity index is 1270. The van der Waals surface area contributed by atoms with E-state index in [1.165, 1.54) is 17.4 Å². The van der Waals surface area contributed by atoms with E-state index in [9.17, 15) is 13.2 Å². The van der Waals surface area contributed by atoms with Gasteiger partial charge in [-0.3, -0.25) is 10.1 Å². The first kappa shape index (κ1) is 16.7. The molecule has 9 heteroatoms. The molecular formula is C17H13N3O4S2. The van der Waals surface area contributed by atoms with Crippen LogP contribution in [0.15, 0.2) is 45.7 Å². The second kappa shape index (κ2) is 5.89. The van der Waals surface area contributed by atoms with Crippen LogP contribution in [-0.2, 0) is 9.84 Å². The smallest absolute Gasteiger partial charge is 0.293 e. The van der Waals surface area contributed by atoms with Crippen LogP contribution in [0, 0.1) is 6.92 Å². The van der Waals surface area contributed by atoms with E-state index in [4.69, 9.17) is 4.42 Å². The molecule has 0 spiro atoms. The number of fused-ring (bicyclic) bond motifs is 2. The molecule has 1 amide bonds. The average Bonchev–Trinajstić information content (AvgIpc) is 3.15. The first-order chi connectivity index (χ1) is 12.3. The number of rotatable bonds is 3. The van der Waals surface area contributed by atoms with Crippen LogP contribution in [0.25, 0.3) is 21.3 Å². The van der Waals surface area contributed by atoms with Crippen molar-refractivity contribution >= 4 is 53.5 Å². The zero-order valence-corrected chi connectivity index (χ0v) is 15.4. The molecule has 0 aliphatic rings. The topological polar surface area (TPSA) is 102 Å². The molecule has 0 saturated heterocycles. The highest BCUT2D eigenvalue weighted by atomic mass is 32.2. The van der Waals surface area contributed by atoms with Crippen molar-refractivity contribution in [3.8, 4) is 0 Å². The Morgan fingerprint density at radius 1 is 1.12 bits per heavy atom. The second-order valence-corrected chi connectivity index (χ2v) is 8.87. The number of sulfone groups is 1. The largest absolute Gasteiger partial charge is 0.449 e. The zero-order valence-electron chi connectivity index (χ0n) is 13.8. The fourth-order valence-corrected chi connectivity index (χ4v) is 4.11. The maximum Gasteiger partial charge on any atom is 0.293 e. The summed E-state index contributed by atoms with van der Waals surface area (Å²) < 4.78 is 29.5. The van der Waals surface area contributed by atoms with Crippen LogP contribution in [0.1, 0.15) is 16.2 Å². The van der Waals surface area contributed by atoms with Gasteiger partial charge in [0.1, 0.15) is 5.52 Å². The number of nitrogens with zero attached hydrogens (tertiary/aromatic N) is 2. The first-order valence-corrected chi connectivity index (χ1v) is 10.3. The lowest BCUT2D eigenvalue weighted by Gasteiger charge is -1.96. The van der Waals surface area contributed by atoms with E-state index in [0.29, 0.717) is 26.4 Å². The molecule has 0 aliphatic heterocycles. The highest BCUT2D eigenvalue weighted by Crippen LogP contribution is 2.29. The Labute approximate surface area is 152 Å². The predicted octanol–water partition coefficient (Wildman–Crippen LogP) is 3.40. The standard InChI is InChI=1S/C17H13N3O4S2/c1-9-3-6-13-12(18-9)8-14(24-13)16(21)20-17-19-11-5-4-10(26(2,22)23)7-15(11)25-17/h3-8H,1-2H3,(H,19,20,21). The summed E-state index contributed by atoms with van der Waals surface area (Å²) >= 11 is 1.20. The summed E-state index contributed by atoms with van der Waals surface area (Å²) in [4.78, 5) is 21.2. The minimum absolute atomic E-state index is 0.134. The normalized spacial score (nSPS) is 11.9. The fraction of sp³-hybridized carbons (Fsp3) is 0.118. The number of aromatic nitrogens is 2. The molecule has 132 valence electrons. The SMILES string of the molecule is Cc1ccc2oc(C(=O)Nc3nc4ccc(S(C)(=O)=O)cc4s3)cc2n1. The number of nitrogens with one attached hydrogen (secondary N) is 1. The van der Waals surface area contributed by atoms with Crippen molar-refractivity contribution in [3.05, 3.63) is 47.9 Å². The van der Waals surface area contributed by atoms with Crippen molar-refractivity contribution in [2.45, 2.75) is 11.8 Å². The number of furan rings is 1. The molecule has 0 unspecified atom stereocenters. The number of benzene rings is 1. The third-order valence-corrected chi connectivity index (χ3v) is 5.79. The maximum atomic E-state index is 12.4. The number of hydrogen-bond donors (Lipinski definition) is 1. The van der Waals surface area contributed by atoms with Gasteiger partial charge in [0.05, 0.1) is 15.1 Å². The minimum atomic E-state index is -3.30. The number of carbonyl (C=O) groups excluding carboxylic acids is 1. The van der Waals surface area contributed by atoms with E-state index >= 15 is 0 Å². The van der Waals surface area contributed by atoms with Gasteiger partial charge in [-0.2, -0.15) is 0 Å². The zero-order chi connectivity index (χ0) is 18.5. The minimum Gasteiger partial charge on any atom is -0.449 e. The van der Waals surface area contributed by atoms with E-state index < -0.39 is 15.7 Å². The van der Waals surface area contributed by atoms with Crippen LogP contribution < -0.4 is 5.32 Å². The number of pyridine rings is 1. The van der Waals surface area contributed by atoms with Crippen molar-refractivity contribution in [2.75, 3.05) is 11.6 Å². The molecule has 0 radical (unpaired) electrons. The molecule has 4 rings (SSSR count). The summed E-state index contributed by atoms with van der Waals surface area (Å²) in [5.74, 6) is -0.308. The molecule has 0 saturated carbocycles. The lowest BCUT2D eigenvalue weighted by Crippen LogP contribution is -2.10. The van der Waals surface area contributed by atoms with Gasteiger partial charge < -0.3 is 4.42 Å². The van der Waals surface area contributed by atoms with E-state index in [-0.39, 0.29) is 10.7 Å². The molecule has 3 heterocycles. The Hall–Kier alpha value is -2.78. The monoisotopic (exact) mass is 387 g/mol. The van der Waals surface area contributed by atoms with E-state index in [1.54, 1.807) is 30.3 Å².